The summed E-state index contributed by atoms with van der Waals surface area (Å²) in [6, 6.07) is 8.47. The Hall–Kier alpha value is -2.61. The van der Waals surface area contributed by atoms with E-state index in [1.165, 1.54) is 11.9 Å². The van der Waals surface area contributed by atoms with E-state index in [9.17, 15) is 14.4 Å². The predicted octanol–water partition coefficient (Wildman–Crippen LogP) is 0.861. The lowest BCUT2D eigenvalue weighted by molar-refractivity contribution is -0.132. The molecular weight excluding hydrogens is 294 g/mol. The van der Waals surface area contributed by atoms with Crippen LogP contribution in [0.2, 0.25) is 0 Å². The molecule has 8 heteroatoms. The van der Waals surface area contributed by atoms with E-state index < -0.39 is 17.8 Å². The van der Waals surface area contributed by atoms with E-state index >= 15 is 0 Å². The van der Waals surface area contributed by atoms with Gasteiger partial charge in [0.05, 0.1) is 4.91 Å². The highest BCUT2D eigenvalue weighted by atomic mass is 32.2. The Morgan fingerprint density at radius 1 is 1.33 bits per heavy atom. The maximum Gasteiger partial charge on any atom is 0.329 e. The number of nitrogens with one attached hydrogen (secondary N) is 1. The lowest BCUT2D eigenvalue weighted by atomic mass is 10.2. The summed E-state index contributed by atoms with van der Waals surface area (Å²) >= 11 is 0.884. The number of likely N-dealkylation sites (N-methyl/N-ethyl adjacent to an activating group) is 1. The van der Waals surface area contributed by atoms with Crippen molar-refractivity contribution in [3.8, 4) is 0 Å². The fourth-order valence-electron chi connectivity index (χ4n) is 1.52. The van der Waals surface area contributed by atoms with E-state index in [2.05, 4.69) is 10.5 Å². The summed E-state index contributed by atoms with van der Waals surface area (Å²) in [4.78, 5) is 35.4. The van der Waals surface area contributed by atoms with Gasteiger partial charge in [-0.3, -0.25) is 14.5 Å². The molecule has 108 valence electrons. The Bertz CT molecular complexity index is 655. The van der Waals surface area contributed by atoms with Crippen molar-refractivity contribution in [2.24, 2.45) is 5.10 Å². The zero-order chi connectivity index (χ0) is 15.4. The molecule has 2 amide bonds. The number of thioether (sulfide) groups is 1. The molecule has 0 bridgehead atoms. The summed E-state index contributed by atoms with van der Waals surface area (Å²) < 4.78 is 0. The first kappa shape index (κ1) is 14.8. The largest absolute Gasteiger partial charge is 0.478 e. The van der Waals surface area contributed by atoms with Crippen molar-refractivity contribution in [3.63, 3.8) is 0 Å². The third-order valence-electron chi connectivity index (χ3n) is 2.55. The fourth-order valence-corrected chi connectivity index (χ4v) is 2.41. The van der Waals surface area contributed by atoms with Crippen molar-refractivity contribution in [2.75, 3.05) is 7.05 Å². The monoisotopic (exact) mass is 305 g/mol. The van der Waals surface area contributed by atoms with E-state index in [-0.39, 0.29) is 10.1 Å². The quantitative estimate of drug-likeness (QED) is 0.637. The lowest BCUT2D eigenvalue weighted by Crippen LogP contribution is -2.27. The summed E-state index contributed by atoms with van der Waals surface area (Å²) in [5.74, 6) is -2.11. The number of carbonyl (C=O) groups excluding carboxylic acids is 2. The van der Waals surface area contributed by atoms with E-state index in [1.54, 1.807) is 30.3 Å². The Balaban J connectivity index is 2.10. The second-order valence-electron chi connectivity index (χ2n) is 4.01. The first-order valence-electron chi connectivity index (χ1n) is 5.82. The van der Waals surface area contributed by atoms with E-state index in [1.807, 2.05) is 0 Å². The average molecular weight is 305 g/mol. The van der Waals surface area contributed by atoms with Crippen molar-refractivity contribution in [1.82, 2.24) is 10.3 Å². The summed E-state index contributed by atoms with van der Waals surface area (Å²) in [6.45, 7) is 0. The highest BCUT2D eigenvalue weighted by Crippen LogP contribution is 2.29. The number of benzene rings is 1. The number of hydrogen-bond donors (Lipinski definition) is 2. The van der Waals surface area contributed by atoms with Crippen LogP contribution >= 0.6 is 11.8 Å². The van der Waals surface area contributed by atoms with Gasteiger partial charge >= 0.3 is 5.97 Å². The van der Waals surface area contributed by atoms with Crippen molar-refractivity contribution in [3.05, 3.63) is 46.9 Å². The van der Waals surface area contributed by atoms with Gasteiger partial charge in [0.25, 0.3) is 11.8 Å². The van der Waals surface area contributed by atoms with Gasteiger partial charge < -0.3 is 5.11 Å². The van der Waals surface area contributed by atoms with Crippen LogP contribution < -0.4 is 5.43 Å². The van der Waals surface area contributed by atoms with E-state index in [4.69, 9.17) is 5.11 Å². The van der Waals surface area contributed by atoms with Crippen molar-refractivity contribution < 1.29 is 19.5 Å². The van der Waals surface area contributed by atoms with Crippen molar-refractivity contribution in [2.45, 2.75) is 0 Å². The standard InChI is InChI=1S/C13H11N3O4S/c1-16-12(20)9(7-10(17)18)21-13(16)15-14-11(19)8-5-3-2-4-6-8/h2-7H,1H3,(H,14,19)(H,17,18)/b9-7-,15-13-. The molecule has 1 saturated heterocycles. The third kappa shape index (κ3) is 3.48. The number of nitrogens with zero attached hydrogens (tertiary/aromatic N) is 2. The zero-order valence-corrected chi connectivity index (χ0v) is 11.8. The maximum atomic E-state index is 11.8. The summed E-state index contributed by atoms with van der Waals surface area (Å²) in [7, 11) is 1.45. The number of carbonyl (C=O) groups is 3. The number of amides is 2. The molecule has 2 N–H and O–H groups in total. The second kappa shape index (κ2) is 6.23. The molecule has 7 nitrogen and oxygen atoms in total. The molecule has 0 unspecified atom stereocenters. The number of carboxylic acid groups (broad SMARTS) is 1. The fraction of sp³-hybridized carbons (Fsp3) is 0.0769. The topological polar surface area (TPSA) is 99.1 Å². The Labute approximate surface area is 124 Å². The molecule has 0 aromatic heterocycles. The number of carboxylic acids is 1. The Morgan fingerprint density at radius 3 is 2.62 bits per heavy atom. The summed E-state index contributed by atoms with van der Waals surface area (Å²) in [5, 5.41) is 12.7. The summed E-state index contributed by atoms with van der Waals surface area (Å²) in [5.41, 5.74) is 2.76. The Kier molecular flexibility index (Phi) is 4.39. The second-order valence-corrected chi connectivity index (χ2v) is 5.02. The molecule has 0 radical (unpaired) electrons. The number of hydrazone groups is 1. The van der Waals surface area contributed by atoms with Crippen LogP contribution in [0.3, 0.4) is 0 Å². The molecule has 1 aromatic rings. The highest BCUT2D eigenvalue weighted by Gasteiger charge is 2.31. The number of hydrogen-bond acceptors (Lipinski definition) is 5. The molecule has 1 aliphatic rings. The number of rotatable bonds is 3. The van der Waals surface area contributed by atoms with Gasteiger partial charge in [0.15, 0.2) is 5.17 Å². The van der Waals surface area contributed by atoms with Crippen molar-refractivity contribution >= 4 is 34.7 Å². The molecule has 0 atom stereocenters. The van der Waals surface area contributed by atoms with Gasteiger partial charge in [-0.1, -0.05) is 18.2 Å². The average Bonchev–Trinajstić information content (AvgIpc) is 2.73. The third-order valence-corrected chi connectivity index (χ3v) is 3.61. The summed E-state index contributed by atoms with van der Waals surface area (Å²) in [6.07, 6.45) is 0.811. The molecule has 0 saturated carbocycles. The minimum atomic E-state index is -1.21. The Morgan fingerprint density at radius 2 is 2.00 bits per heavy atom. The van der Waals surface area contributed by atoms with Crippen LogP contribution in [0.4, 0.5) is 0 Å². The first-order chi connectivity index (χ1) is 9.99. The van der Waals surface area contributed by atoms with Gasteiger partial charge in [0.2, 0.25) is 0 Å². The molecule has 0 aliphatic carbocycles. The normalized spacial score (nSPS) is 18.3. The SMILES string of the molecule is CN1C(=O)/C(=C/C(=O)O)S/C1=N\NC(=O)c1ccccc1. The van der Waals surface area contributed by atoms with Gasteiger partial charge in [0, 0.05) is 18.7 Å². The van der Waals surface area contributed by atoms with Gasteiger partial charge in [-0.05, 0) is 23.9 Å². The first-order valence-corrected chi connectivity index (χ1v) is 6.64. The zero-order valence-electron chi connectivity index (χ0n) is 10.9. The number of aliphatic carboxylic acids is 1. The van der Waals surface area contributed by atoms with Gasteiger partial charge in [-0.25, -0.2) is 10.2 Å². The maximum absolute atomic E-state index is 11.8. The van der Waals surface area contributed by atoms with Crippen LogP contribution in [-0.4, -0.2) is 40.0 Å². The molecule has 1 aliphatic heterocycles. The van der Waals surface area contributed by atoms with Crippen LogP contribution in [0.15, 0.2) is 46.4 Å². The van der Waals surface area contributed by atoms with Crippen LogP contribution in [-0.2, 0) is 9.59 Å². The van der Waals surface area contributed by atoms with Crippen LogP contribution in [0, 0.1) is 0 Å². The van der Waals surface area contributed by atoms with Gasteiger partial charge in [-0.2, -0.15) is 0 Å². The van der Waals surface area contributed by atoms with E-state index in [0.717, 1.165) is 17.8 Å². The molecule has 1 fully saturated rings. The lowest BCUT2D eigenvalue weighted by Gasteiger charge is -2.07. The van der Waals surface area contributed by atoms with E-state index in [0.29, 0.717) is 5.56 Å². The number of amidine groups is 1. The van der Waals surface area contributed by atoms with Gasteiger partial charge in [-0.15, -0.1) is 5.10 Å². The van der Waals surface area contributed by atoms with Crippen molar-refractivity contribution in [1.29, 1.82) is 0 Å². The molecule has 1 heterocycles. The minimum absolute atomic E-state index is 0.0395. The molecule has 0 spiro atoms. The predicted molar refractivity (Wildman–Crippen MR) is 77.4 cm³/mol. The van der Waals surface area contributed by atoms with Crippen LogP contribution in [0.5, 0.6) is 0 Å². The van der Waals surface area contributed by atoms with Gasteiger partial charge in [0.1, 0.15) is 0 Å². The molecular formula is C13H11N3O4S. The van der Waals surface area contributed by atoms with Crippen LogP contribution in [0.25, 0.3) is 0 Å². The van der Waals surface area contributed by atoms with Crippen LogP contribution in [0.1, 0.15) is 10.4 Å². The molecule has 1 aromatic carbocycles. The highest BCUT2D eigenvalue weighted by molar-refractivity contribution is 8.18. The molecule has 2 rings (SSSR count). The smallest absolute Gasteiger partial charge is 0.329 e. The molecule has 21 heavy (non-hydrogen) atoms. The minimum Gasteiger partial charge on any atom is -0.478 e.